The van der Waals surface area contributed by atoms with E-state index in [0.29, 0.717) is 24.5 Å². The van der Waals surface area contributed by atoms with Crippen molar-refractivity contribution >= 4 is 31.7 Å². The number of hydrogen-bond acceptors (Lipinski definition) is 5. The number of hydrogen-bond donors (Lipinski definition) is 1. The van der Waals surface area contributed by atoms with Gasteiger partial charge in [0.25, 0.3) is 10.1 Å². The molecule has 0 amide bonds. The maximum Gasteiger partial charge on any atom is 0.265 e. The lowest BCUT2D eigenvalue weighted by molar-refractivity contribution is -0.667. The molecule has 2 rings (SSSR count). The molecule has 0 fully saturated rings. The van der Waals surface area contributed by atoms with E-state index in [2.05, 4.69) is 0 Å². The van der Waals surface area contributed by atoms with Crippen molar-refractivity contribution in [1.82, 2.24) is 0 Å². The first kappa shape index (κ1) is 15.0. The molecule has 1 aromatic heterocycles. The summed E-state index contributed by atoms with van der Waals surface area (Å²) in [6.07, 6.45) is 0.351. The summed E-state index contributed by atoms with van der Waals surface area (Å²) in [4.78, 5) is 0. The highest BCUT2D eigenvalue weighted by Gasteiger charge is 2.17. The zero-order valence-electron chi connectivity index (χ0n) is 11.2. The highest BCUT2D eigenvalue weighted by Crippen LogP contribution is 2.32. The van der Waals surface area contributed by atoms with Gasteiger partial charge in [-0.1, -0.05) is 11.3 Å². The Kier molecular flexibility index (Phi) is 4.46. The lowest BCUT2D eigenvalue weighted by Crippen LogP contribution is -2.32. The van der Waals surface area contributed by atoms with Gasteiger partial charge in [0.1, 0.15) is 4.70 Å². The van der Waals surface area contributed by atoms with Crippen molar-refractivity contribution < 1.29 is 27.0 Å². The van der Waals surface area contributed by atoms with Gasteiger partial charge in [-0.3, -0.25) is 4.55 Å². The van der Waals surface area contributed by atoms with Crippen LogP contribution in [0, 0.1) is 0 Å². The first-order valence-electron chi connectivity index (χ1n) is 5.92. The number of rotatable bonds is 6. The van der Waals surface area contributed by atoms with Crippen LogP contribution in [0.2, 0.25) is 0 Å². The van der Waals surface area contributed by atoms with Gasteiger partial charge in [0.05, 0.1) is 26.0 Å². The third kappa shape index (κ3) is 3.38. The topological polar surface area (TPSA) is 76.7 Å². The smallest absolute Gasteiger partial charge is 0.265 e. The molecule has 0 saturated carbocycles. The molecule has 0 bridgehead atoms. The first-order valence-corrected chi connectivity index (χ1v) is 8.41. The normalized spacial score (nSPS) is 11.8. The standard InChI is InChI=1S/C12H15NO5S2/c1-17-10-6-9-12(7-11(10)18-2)19-8-13(9)4-3-5-20(14,15)16/h6-8H,3-5H2,1-2H3/p+1. The van der Waals surface area contributed by atoms with Crippen molar-refractivity contribution in [2.75, 3.05) is 20.0 Å². The maximum atomic E-state index is 10.7. The Labute approximate surface area is 121 Å². The molecule has 110 valence electrons. The van der Waals surface area contributed by atoms with Gasteiger partial charge in [-0.05, 0) is 0 Å². The van der Waals surface area contributed by atoms with E-state index in [1.807, 2.05) is 22.2 Å². The van der Waals surface area contributed by atoms with Crippen LogP contribution in [0.25, 0.3) is 10.2 Å². The molecule has 8 heteroatoms. The lowest BCUT2D eigenvalue weighted by Gasteiger charge is -2.05. The van der Waals surface area contributed by atoms with Crippen LogP contribution < -0.4 is 14.0 Å². The Bertz CT molecular complexity index is 708. The molecule has 0 atom stereocenters. The highest BCUT2D eigenvalue weighted by molar-refractivity contribution is 7.85. The number of aryl methyl sites for hydroxylation is 1. The summed E-state index contributed by atoms with van der Waals surface area (Å²) in [6.45, 7) is 0.509. The quantitative estimate of drug-likeness (QED) is 0.645. The van der Waals surface area contributed by atoms with Crippen LogP contribution in [0.4, 0.5) is 0 Å². The first-order chi connectivity index (χ1) is 9.44. The highest BCUT2D eigenvalue weighted by atomic mass is 32.2. The van der Waals surface area contributed by atoms with Crippen molar-refractivity contribution in [2.24, 2.45) is 0 Å². The second kappa shape index (κ2) is 5.94. The predicted octanol–water partition coefficient (Wildman–Crippen LogP) is 1.48. The van der Waals surface area contributed by atoms with Crippen molar-refractivity contribution in [2.45, 2.75) is 13.0 Å². The summed E-state index contributed by atoms with van der Waals surface area (Å²) >= 11 is 1.54. The van der Waals surface area contributed by atoms with Crippen molar-refractivity contribution in [3.8, 4) is 11.5 Å². The average Bonchev–Trinajstić information content (AvgIpc) is 2.78. The molecule has 6 nitrogen and oxygen atoms in total. The summed E-state index contributed by atoms with van der Waals surface area (Å²) in [5, 5.41) is 0. The van der Waals surface area contributed by atoms with Gasteiger partial charge in [0, 0.05) is 12.5 Å². The molecule has 0 aliphatic heterocycles. The van der Waals surface area contributed by atoms with Crippen LogP contribution in [0.5, 0.6) is 11.5 Å². The molecule has 1 aromatic carbocycles. The fourth-order valence-electron chi connectivity index (χ4n) is 1.94. The fourth-order valence-corrected chi connectivity index (χ4v) is 3.36. The van der Waals surface area contributed by atoms with Crippen molar-refractivity contribution in [3.63, 3.8) is 0 Å². The maximum absolute atomic E-state index is 10.7. The monoisotopic (exact) mass is 318 g/mol. The van der Waals surface area contributed by atoms with Crippen LogP contribution in [-0.4, -0.2) is 32.9 Å². The second-order valence-corrected chi connectivity index (χ2v) is 6.69. The molecule has 0 aliphatic rings. The Morgan fingerprint density at radius 2 is 1.90 bits per heavy atom. The Hall–Kier alpha value is -1.38. The summed E-state index contributed by atoms with van der Waals surface area (Å²) in [7, 11) is -0.760. The minimum Gasteiger partial charge on any atom is -0.493 e. The number of nitrogens with zero attached hydrogens (tertiary/aromatic N) is 1. The minimum atomic E-state index is -3.91. The predicted molar refractivity (Wildman–Crippen MR) is 76.2 cm³/mol. The number of benzene rings is 1. The zero-order chi connectivity index (χ0) is 14.8. The molecule has 2 aromatic rings. The molecule has 0 aliphatic carbocycles. The van der Waals surface area contributed by atoms with E-state index in [-0.39, 0.29) is 5.75 Å². The summed E-state index contributed by atoms with van der Waals surface area (Å²) < 4.78 is 43.6. The largest absolute Gasteiger partial charge is 0.493 e. The SMILES string of the molecule is COc1cc2sc[n+](CCCS(=O)(=O)O)c2cc1OC. The molecule has 20 heavy (non-hydrogen) atoms. The Balaban J connectivity index is 2.27. The van der Waals surface area contributed by atoms with Gasteiger partial charge in [-0.15, -0.1) is 0 Å². The number of methoxy groups -OCH3 is 2. The van der Waals surface area contributed by atoms with Gasteiger partial charge in [0.2, 0.25) is 11.0 Å². The van der Waals surface area contributed by atoms with Crippen LogP contribution in [0.1, 0.15) is 6.42 Å². The molecule has 0 unspecified atom stereocenters. The zero-order valence-corrected chi connectivity index (χ0v) is 12.8. The van der Waals surface area contributed by atoms with Crippen LogP contribution >= 0.6 is 11.3 Å². The molecule has 1 N–H and O–H groups in total. The van der Waals surface area contributed by atoms with E-state index in [1.165, 1.54) is 11.3 Å². The van der Waals surface area contributed by atoms with E-state index in [9.17, 15) is 8.42 Å². The molecular weight excluding hydrogens is 302 g/mol. The number of aromatic nitrogens is 1. The molecule has 0 radical (unpaired) electrons. The van der Waals surface area contributed by atoms with Gasteiger partial charge in [0.15, 0.2) is 18.0 Å². The van der Waals surface area contributed by atoms with E-state index in [0.717, 1.165) is 10.2 Å². The van der Waals surface area contributed by atoms with Gasteiger partial charge in [-0.25, -0.2) is 0 Å². The number of ether oxygens (including phenoxy) is 2. The molecule has 0 saturated heterocycles. The van der Waals surface area contributed by atoms with E-state index in [1.54, 1.807) is 14.2 Å². The summed E-state index contributed by atoms with van der Waals surface area (Å²) in [5.41, 5.74) is 2.86. The van der Waals surface area contributed by atoms with Crippen LogP contribution in [0.3, 0.4) is 0 Å². The Morgan fingerprint density at radius 3 is 2.50 bits per heavy atom. The van der Waals surface area contributed by atoms with E-state index in [4.69, 9.17) is 14.0 Å². The van der Waals surface area contributed by atoms with E-state index >= 15 is 0 Å². The van der Waals surface area contributed by atoms with E-state index < -0.39 is 10.1 Å². The number of fused-ring (bicyclic) bond motifs is 1. The van der Waals surface area contributed by atoms with Gasteiger partial charge < -0.3 is 9.47 Å². The second-order valence-electron chi connectivity index (χ2n) is 4.23. The lowest BCUT2D eigenvalue weighted by atomic mass is 10.3. The van der Waals surface area contributed by atoms with Crippen LogP contribution in [0.15, 0.2) is 17.6 Å². The summed E-state index contributed by atoms with van der Waals surface area (Å²) in [5.74, 6) is 1.04. The van der Waals surface area contributed by atoms with Gasteiger partial charge in [-0.2, -0.15) is 13.0 Å². The van der Waals surface area contributed by atoms with Crippen molar-refractivity contribution in [3.05, 3.63) is 17.6 Å². The number of thiazole rings is 1. The third-order valence-electron chi connectivity index (χ3n) is 2.88. The average molecular weight is 318 g/mol. The van der Waals surface area contributed by atoms with Gasteiger partial charge >= 0.3 is 0 Å². The molecule has 1 heterocycles. The fraction of sp³-hybridized carbons (Fsp3) is 0.417. The van der Waals surface area contributed by atoms with Crippen molar-refractivity contribution in [1.29, 1.82) is 0 Å². The third-order valence-corrected chi connectivity index (χ3v) is 4.63. The minimum absolute atomic E-state index is 0.245. The molecule has 0 spiro atoms. The Morgan fingerprint density at radius 1 is 1.25 bits per heavy atom. The van der Waals surface area contributed by atoms with Crippen LogP contribution in [-0.2, 0) is 16.7 Å². The molecular formula is C12H16NO5S2+. The summed E-state index contributed by atoms with van der Waals surface area (Å²) in [6, 6.07) is 3.75.